The summed E-state index contributed by atoms with van der Waals surface area (Å²) in [7, 11) is 1.72. The molecular formula is C26H28F4N4O3. The lowest BCUT2D eigenvalue weighted by Gasteiger charge is -2.19. The molecule has 3 aromatic rings. The van der Waals surface area contributed by atoms with E-state index in [1.165, 1.54) is 36.8 Å². The van der Waals surface area contributed by atoms with Crippen molar-refractivity contribution in [1.29, 1.82) is 0 Å². The molecule has 37 heavy (non-hydrogen) atoms. The summed E-state index contributed by atoms with van der Waals surface area (Å²) in [6.07, 6.45) is -1.77. The van der Waals surface area contributed by atoms with E-state index in [1.807, 2.05) is 12.1 Å². The number of alkyl halides is 3. The number of aromatic nitrogens is 2. The van der Waals surface area contributed by atoms with Gasteiger partial charge in [-0.15, -0.1) is 13.2 Å². The van der Waals surface area contributed by atoms with Gasteiger partial charge in [-0.1, -0.05) is 24.3 Å². The standard InChI is InChI=1S/C21H22F4N2O.C5H6N2O2/c22-16-6-4-14(5-7-16)11-27-12-19-18(20(19)13-27)10-26-9-15-2-1-3-17(8-15)28-21(23,24)25;1-7-2-4(5(8)9)6-3-7/h1-8,18-20,26H,9-13H2;2-3H,1H3,(H,8,9). The maximum atomic E-state index is 13.0. The lowest BCUT2D eigenvalue weighted by Crippen LogP contribution is -2.27. The number of carboxylic acids is 1. The van der Waals surface area contributed by atoms with Gasteiger partial charge >= 0.3 is 12.3 Å². The zero-order valence-electron chi connectivity index (χ0n) is 20.2. The monoisotopic (exact) mass is 520 g/mol. The largest absolute Gasteiger partial charge is 0.573 e. The fourth-order valence-electron chi connectivity index (χ4n) is 4.78. The number of rotatable bonds is 8. The molecule has 7 nitrogen and oxygen atoms in total. The number of halogens is 4. The van der Waals surface area contributed by atoms with E-state index in [9.17, 15) is 22.4 Å². The Hall–Kier alpha value is -3.44. The SMILES string of the molecule is Cn1cnc(C(=O)O)c1.Fc1ccc(CN2CC3C(CNCc4cccc(OC(F)(F)F)c4)C3C2)cc1. The molecule has 0 radical (unpaired) electrons. The number of carboxylic acid groups (broad SMARTS) is 1. The van der Waals surface area contributed by atoms with Crippen LogP contribution in [0.5, 0.6) is 5.75 Å². The summed E-state index contributed by atoms with van der Waals surface area (Å²) in [5, 5.41) is 11.7. The van der Waals surface area contributed by atoms with Crippen molar-refractivity contribution in [2.24, 2.45) is 24.8 Å². The molecule has 2 aliphatic rings. The highest BCUT2D eigenvalue weighted by Crippen LogP contribution is 2.51. The van der Waals surface area contributed by atoms with Crippen molar-refractivity contribution in [3.63, 3.8) is 0 Å². The normalized spacial score (nSPS) is 20.6. The third-order valence-corrected chi connectivity index (χ3v) is 6.53. The van der Waals surface area contributed by atoms with Crippen LogP contribution in [0.3, 0.4) is 0 Å². The Morgan fingerprint density at radius 3 is 2.41 bits per heavy atom. The highest BCUT2D eigenvalue weighted by Gasteiger charge is 2.54. The van der Waals surface area contributed by atoms with E-state index in [-0.39, 0.29) is 17.3 Å². The van der Waals surface area contributed by atoms with Crippen molar-refractivity contribution >= 4 is 5.97 Å². The van der Waals surface area contributed by atoms with E-state index >= 15 is 0 Å². The molecule has 2 unspecified atom stereocenters. The highest BCUT2D eigenvalue weighted by atomic mass is 19.4. The third-order valence-electron chi connectivity index (χ3n) is 6.53. The quantitative estimate of drug-likeness (QED) is 0.431. The van der Waals surface area contributed by atoms with Crippen LogP contribution in [-0.2, 0) is 20.1 Å². The van der Waals surface area contributed by atoms with Gasteiger partial charge in [0.25, 0.3) is 0 Å². The Morgan fingerprint density at radius 1 is 1.14 bits per heavy atom. The molecule has 1 saturated carbocycles. The molecule has 1 aromatic heterocycles. The summed E-state index contributed by atoms with van der Waals surface area (Å²) >= 11 is 0. The number of likely N-dealkylation sites (tertiary alicyclic amines) is 1. The Morgan fingerprint density at radius 2 is 1.84 bits per heavy atom. The number of nitrogens with one attached hydrogen (secondary N) is 1. The zero-order chi connectivity index (χ0) is 26.6. The van der Waals surface area contributed by atoms with E-state index in [2.05, 4.69) is 19.9 Å². The number of aryl methyl sites for hydroxylation is 1. The second-order valence-electron chi connectivity index (χ2n) is 9.37. The van der Waals surface area contributed by atoms with Gasteiger partial charge < -0.3 is 19.7 Å². The number of piperidine rings is 1. The van der Waals surface area contributed by atoms with Crippen molar-refractivity contribution in [1.82, 2.24) is 19.8 Å². The van der Waals surface area contributed by atoms with Crippen LogP contribution in [0.2, 0.25) is 0 Å². The molecule has 0 spiro atoms. The molecule has 2 fully saturated rings. The number of ether oxygens (including phenoxy) is 1. The predicted molar refractivity (Wildman–Crippen MR) is 127 cm³/mol. The molecular weight excluding hydrogens is 492 g/mol. The molecule has 198 valence electrons. The summed E-state index contributed by atoms with van der Waals surface area (Å²) in [5.41, 5.74) is 1.97. The minimum atomic E-state index is -4.67. The first kappa shape index (κ1) is 26.6. The fourth-order valence-corrected chi connectivity index (χ4v) is 4.78. The number of nitrogens with zero attached hydrogens (tertiary/aromatic N) is 3. The smallest absolute Gasteiger partial charge is 0.476 e. The van der Waals surface area contributed by atoms with Gasteiger partial charge in [0.2, 0.25) is 0 Å². The highest BCUT2D eigenvalue weighted by molar-refractivity contribution is 5.84. The molecule has 1 saturated heterocycles. The number of benzene rings is 2. The van der Waals surface area contributed by atoms with Crippen molar-refractivity contribution in [3.05, 3.63) is 83.7 Å². The number of hydrogen-bond acceptors (Lipinski definition) is 5. The average Bonchev–Trinajstić information content (AvgIpc) is 3.14. The summed E-state index contributed by atoms with van der Waals surface area (Å²) < 4.78 is 55.4. The molecule has 5 rings (SSSR count). The van der Waals surface area contributed by atoms with E-state index in [0.717, 1.165) is 37.3 Å². The Labute approximate surface area is 211 Å². The first-order chi connectivity index (χ1) is 17.6. The molecule has 1 aliphatic carbocycles. The first-order valence-corrected chi connectivity index (χ1v) is 11.8. The zero-order valence-corrected chi connectivity index (χ0v) is 20.2. The van der Waals surface area contributed by atoms with Crippen LogP contribution < -0.4 is 10.1 Å². The van der Waals surface area contributed by atoms with Crippen LogP contribution in [-0.4, -0.2) is 51.5 Å². The minimum absolute atomic E-state index is 0.0810. The number of carbonyl (C=O) groups is 1. The fraction of sp³-hybridized carbons (Fsp3) is 0.385. The number of hydrogen-bond donors (Lipinski definition) is 2. The van der Waals surface area contributed by atoms with Crippen LogP contribution >= 0.6 is 0 Å². The van der Waals surface area contributed by atoms with Crippen molar-refractivity contribution in [2.45, 2.75) is 19.5 Å². The lowest BCUT2D eigenvalue weighted by atomic mass is 10.2. The number of aromatic carboxylic acids is 1. The van der Waals surface area contributed by atoms with Crippen molar-refractivity contribution < 1.29 is 32.2 Å². The van der Waals surface area contributed by atoms with Crippen LogP contribution in [0, 0.1) is 23.6 Å². The summed E-state index contributed by atoms with van der Waals surface area (Å²) in [4.78, 5) is 16.1. The van der Waals surface area contributed by atoms with Gasteiger partial charge in [0.15, 0.2) is 5.69 Å². The van der Waals surface area contributed by atoms with Gasteiger partial charge in [0, 0.05) is 39.4 Å². The Bertz CT molecular complexity index is 1190. The van der Waals surface area contributed by atoms with Crippen LogP contribution in [0.15, 0.2) is 61.1 Å². The molecule has 0 amide bonds. The number of imidazole rings is 1. The van der Waals surface area contributed by atoms with Crippen LogP contribution in [0.1, 0.15) is 21.6 Å². The van der Waals surface area contributed by atoms with Gasteiger partial charge in [-0.3, -0.25) is 4.90 Å². The third kappa shape index (κ3) is 7.77. The number of fused-ring (bicyclic) bond motifs is 1. The van der Waals surface area contributed by atoms with Crippen molar-refractivity contribution in [2.75, 3.05) is 19.6 Å². The Balaban J connectivity index is 0.000000301. The Kier molecular flexibility index (Phi) is 8.13. The first-order valence-electron chi connectivity index (χ1n) is 11.8. The van der Waals surface area contributed by atoms with Gasteiger partial charge in [-0.2, -0.15) is 0 Å². The van der Waals surface area contributed by atoms with Gasteiger partial charge in [-0.25, -0.2) is 14.2 Å². The van der Waals surface area contributed by atoms with Crippen molar-refractivity contribution in [3.8, 4) is 5.75 Å². The predicted octanol–water partition coefficient (Wildman–Crippen LogP) is 4.31. The van der Waals surface area contributed by atoms with E-state index in [1.54, 1.807) is 23.7 Å². The second-order valence-corrected chi connectivity index (χ2v) is 9.37. The molecule has 0 bridgehead atoms. The van der Waals surface area contributed by atoms with E-state index < -0.39 is 12.3 Å². The second kappa shape index (κ2) is 11.3. The molecule has 2 atom stereocenters. The van der Waals surface area contributed by atoms with Gasteiger partial charge in [0.1, 0.15) is 11.6 Å². The molecule has 2 N–H and O–H groups in total. The van der Waals surface area contributed by atoms with Gasteiger partial charge in [0.05, 0.1) is 6.33 Å². The van der Waals surface area contributed by atoms with Crippen LogP contribution in [0.25, 0.3) is 0 Å². The maximum Gasteiger partial charge on any atom is 0.573 e. The summed E-state index contributed by atoms with van der Waals surface area (Å²) in [6, 6.07) is 12.7. The molecule has 2 aromatic carbocycles. The molecule has 11 heteroatoms. The lowest BCUT2D eigenvalue weighted by molar-refractivity contribution is -0.274. The molecule has 1 aliphatic heterocycles. The average molecular weight is 521 g/mol. The van der Waals surface area contributed by atoms with E-state index in [4.69, 9.17) is 5.11 Å². The molecule has 2 heterocycles. The van der Waals surface area contributed by atoms with Crippen LogP contribution in [0.4, 0.5) is 17.6 Å². The van der Waals surface area contributed by atoms with E-state index in [0.29, 0.717) is 24.3 Å². The topological polar surface area (TPSA) is 79.6 Å². The minimum Gasteiger partial charge on any atom is -0.476 e. The summed E-state index contributed by atoms with van der Waals surface area (Å²) in [5.74, 6) is 0.580. The van der Waals surface area contributed by atoms with Gasteiger partial charge in [-0.05, 0) is 59.7 Å². The summed E-state index contributed by atoms with van der Waals surface area (Å²) in [6.45, 7) is 4.32. The maximum absolute atomic E-state index is 13.0.